The molecule has 1 amide bonds. The standard InChI is InChI=1S/C27H27N5O4/c1-27(2,3)23-20(28-15-29-23)14-22-26(35)31-21(25(34)32-22)13-16-6-5-7-18(12-16)30-24(33)17-8-10-19(36-4)11-9-17/h5-15H,1-4H3,(H,28,29)(H,30,33)(H,31,35)(H,32,34)/b21-13-,22-14-. The van der Waals surface area contributed by atoms with E-state index in [0.29, 0.717) is 28.3 Å². The number of amides is 1. The van der Waals surface area contributed by atoms with Crippen molar-refractivity contribution >= 4 is 23.7 Å². The van der Waals surface area contributed by atoms with Gasteiger partial charge in [-0.25, -0.2) is 4.98 Å². The van der Waals surface area contributed by atoms with E-state index in [-0.39, 0.29) is 22.0 Å². The maximum atomic E-state index is 12.7. The van der Waals surface area contributed by atoms with Crippen molar-refractivity contribution in [3.8, 4) is 5.75 Å². The van der Waals surface area contributed by atoms with Crippen LogP contribution in [0.2, 0.25) is 0 Å². The minimum absolute atomic E-state index is 0.0915. The molecule has 0 aliphatic carbocycles. The van der Waals surface area contributed by atoms with Crippen LogP contribution in [0.3, 0.4) is 0 Å². The number of nitrogens with zero attached hydrogens (tertiary/aromatic N) is 1. The Morgan fingerprint density at radius 2 is 1.64 bits per heavy atom. The first-order chi connectivity index (χ1) is 17.1. The first-order valence-corrected chi connectivity index (χ1v) is 11.3. The third-order valence-electron chi connectivity index (χ3n) is 5.49. The summed E-state index contributed by atoms with van der Waals surface area (Å²) in [5.74, 6) is 0.374. The summed E-state index contributed by atoms with van der Waals surface area (Å²) in [4.78, 5) is 50.6. The van der Waals surface area contributed by atoms with Crippen molar-refractivity contribution in [2.24, 2.45) is 0 Å². The number of anilines is 1. The number of aromatic nitrogens is 4. The van der Waals surface area contributed by atoms with Gasteiger partial charge in [0.15, 0.2) is 0 Å². The Labute approximate surface area is 206 Å². The molecule has 0 fully saturated rings. The minimum atomic E-state index is -0.457. The van der Waals surface area contributed by atoms with E-state index in [9.17, 15) is 14.4 Å². The van der Waals surface area contributed by atoms with E-state index in [2.05, 4.69) is 25.3 Å². The van der Waals surface area contributed by atoms with E-state index in [1.807, 2.05) is 20.8 Å². The summed E-state index contributed by atoms with van der Waals surface area (Å²) in [6.07, 6.45) is 4.65. The van der Waals surface area contributed by atoms with Crippen molar-refractivity contribution in [3.63, 3.8) is 0 Å². The number of hydrogen-bond donors (Lipinski definition) is 4. The Morgan fingerprint density at radius 3 is 2.28 bits per heavy atom. The summed E-state index contributed by atoms with van der Waals surface area (Å²) >= 11 is 0. The van der Waals surface area contributed by atoms with Gasteiger partial charge in [0.05, 0.1) is 19.1 Å². The molecule has 0 spiro atoms. The zero-order valence-electron chi connectivity index (χ0n) is 20.4. The predicted molar refractivity (Wildman–Crippen MR) is 139 cm³/mol. The molecule has 0 bridgehead atoms. The lowest BCUT2D eigenvalue weighted by atomic mass is 9.90. The molecule has 0 radical (unpaired) electrons. The molecule has 2 aromatic heterocycles. The summed E-state index contributed by atoms with van der Waals surface area (Å²) < 4.78 is 5.11. The maximum Gasteiger partial charge on any atom is 0.272 e. The van der Waals surface area contributed by atoms with Gasteiger partial charge in [0.1, 0.15) is 16.4 Å². The Kier molecular flexibility index (Phi) is 6.73. The van der Waals surface area contributed by atoms with Crippen molar-refractivity contribution in [2.45, 2.75) is 26.2 Å². The molecule has 0 unspecified atom stereocenters. The zero-order chi connectivity index (χ0) is 25.9. The highest BCUT2D eigenvalue weighted by molar-refractivity contribution is 6.04. The van der Waals surface area contributed by atoms with Crippen LogP contribution in [0.15, 0.2) is 64.4 Å². The molecule has 4 rings (SSSR count). The van der Waals surface area contributed by atoms with Gasteiger partial charge in [-0.3, -0.25) is 14.4 Å². The SMILES string of the molecule is COc1ccc(C(=O)Nc2cccc(/C=c3\[nH]c(=O)/c(=C/c4nc[nH]c4C(C)(C)C)[nH]c3=O)c2)cc1. The van der Waals surface area contributed by atoms with Crippen molar-refractivity contribution in [3.05, 3.63) is 109 Å². The Bertz CT molecular complexity index is 1640. The van der Waals surface area contributed by atoms with Crippen LogP contribution in [0.25, 0.3) is 12.2 Å². The number of ether oxygens (including phenoxy) is 1. The fourth-order valence-electron chi connectivity index (χ4n) is 3.67. The highest BCUT2D eigenvalue weighted by Gasteiger charge is 2.19. The molecule has 2 heterocycles. The molecular weight excluding hydrogens is 458 g/mol. The molecule has 184 valence electrons. The van der Waals surface area contributed by atoms with Crippen LogP contribution < -0.4 is 31.9 Å². The van der Waals surface area contributed by atoms with Crippen molar-refractivity contribution in [2.75, 3.05) is 12.4 Å². The smallest absolute Gasteiger partial charge is 0.272 e. The van der Waals surface area contributed by atoms with Crippen molar-refractivity contribution in [1.29, 1.82) is 0 Å². The molecular formula is C27H27N5O4. The van der Waals surface area contributed by atoms with Crippen molar-refractivity contribution < 1.29 is 9.53 Å². The van der Waals surface area contributed by atoms with E-state index in [1.54, 1.807) is 74.1 Å². The molecule has 0 aliphatic rings. The van der Waals surface area contributed by atoms with Gasteiger partial charge in [-0.15, -0.1) is 0 Å². The number of rotatable bonds is 5. The predicted octanol–water partition coefficient (Wildman–Crippen LogP) is 2.00. The Balaban J connectivity index is 1.63. The van der Waals surface area contributed by atoms with Gasteiger partial charge in [-0.1, -0.05) is 32.9 Å². The molecule has 0 saturated carbocycles. The quantitative estimate of drug-likeness (QED) is 0.343. The first kappa shape index (κ1) is 24.5. The Morgan fingerprint density at radius 1 is 0.972 bits per heavy atom. The second kappa shape index (κ2) is 9.91. The highest BCUT2D eigenvalue weighted by atomic mass is 16.5. The monoisotopic (exact) mass is 485 g/mol. The number of aromatic amines is 3. The van der Waals surface area contributed by atoms with Crippen LogP contribution in [-0.2, 0) is 5.41 Å². The third-order valence-corrected chi connectivity index (χ3v) is 5.49. The number of methoxy groups -OCH3 is 1. The van der Waals surface area contributed by atoms with Gasteiger partial charge in [-0.2, -0.15) is 0 Å². The first-order valence-electron chi connectivity index (χ1n) is 11.3. The topological polar surface area (TPSA) is 133 Å². The molecule has 4 aromatic rings. The molecule has 0 saturated heterocycles. The zero-order valence-corrected chi connectivity index (χ0v) is 20.4. The molecule has 0 aliphatic heterocycles. The summed E-state index contributed by atoms with van der Waals surface area (Å²) in [6, 6.07) is 13.7. The third kappa shape index (κ3) is 5.52. The summed E-state index contributed by atoms with van der Waals surface area (Å²) in [5, 5.41) is 3.02. The van der Waals surface area contributed by atoms with Gasteiger partial charge < -0.3 is 25.0 Å². The van der Waals surface area contributed by atoms with Crippen LogP contribution in [0, 0.1) is 0 Å². The maximum absolute atomic E-state index is 12.7. The van der Waals surface area contributed by atoms with Gasteiger partial charge >= 0.3 is 0 Å². The number of benzene rings is 2. The van der Waals surface area contributed by atoms with Crippen molar-refractivity contribution in [1.82, 2.24) is 19.9 Å². The highest BCUT2D eigenvalue weighted by Crippen LogP contribution is 2.22. The number of nitrogens with one attached hydrogen (secondary N) is 4. The number of H-pyrrole nitrogens is 3. The normalized spacial score (nSPS) is 12.6. The summed E-state index contributed by atoms with van der Waals surface area (Å²) in [5.41, 5.74) is 1.96. The fourth-order valence-corrected chi connectivity index (χ4v) is 3.67. The van der Waals surface area contributed by atoms with E-state index >= 15 is 0 Å². The van der Waals surface area contributed by atoms with E-state index in [1.165, 1.54) is 0 Å². The number of carbonyl (C=O) groups excluding carboxylic acids is 1. The van der Waals surface area contributed by atoms with Crippen LogP contribution in [0.1, 0.15) is 48.1 Å². The number of imidazole rings is 1. The largest absolute Gasteiger partial charge is 0.497 e. The van der Waals surface area contributed by atoms with Gasteiger partial charge in [0.2, 0.25) is 0 Å². The van der Waals surface area contributed by atoms with Crippen LogP contribution in [0.4, 0.5) is 5.69 Å². The molecule has 36 heavy (non-hydrogen) atoms. The molecule has 4 N–H and O–H groups in total. The lowest BCUT2D eigenvalue weighted by Gasteiger charge is -2.16. The molecule has 0 atom stereocenters. The fraction of sp³-hybridized carbons (Fsp3) is 0.185. The average Bonchev–Trinajstić information content (AvgIpc) is 3.31. The molecule has 2 aromatic carbocycles. The minimum Gasteiger partial charge on any atom is -0.497 e. The van der Waals surface area contributed by atoms with Gasteiger partial charge in [0.25, 0.3) is 17.0 Å². The second-order valence-electron chi connectivity index (χ2n) is 9.25. The van der Waals surface area contributed by atoms with E-state index in [4.69, 9.17) is 4.74 Å². The number of carbonyl (C=O) groups is 1. The lowest BCUT2D eigenvalue weighted by molar-refractivity contribution is 0.102. The van der Waals surface area contributed by atoms with Crippen LogP contribution in [0.5, 0.6) is 5.75 Å². The Hall–Kier alpha value is -4.66. The lowest BCUT2D eigenvalue weighted by Crippen LogP contribution is -2.46. The van der Waals surface area contributed by atoms with E-state index in [0.717, 1.165) is 5.69 Å². The van der Waals surface area contributed by atoms with Crippen LogP contribution in [-0.4, -0.2) is 33.0 Å². The number of hydrogen-bond acceptors (Lipinski definition) is 5. The summed E-state index contributed by atoms with van der Waals surface area (Å²) in [7, 11) is 1.56. The summed E-state index contributed by atoms with van der Waals surface area (Å²) in [6.45, 7) is 6.07. The second-order valence-corrected chi connectivity index (χ2v) is 9.25. The van der Waals surface area contributed by atoms with Gasteiger partial charge in [0, 0.05) is 22.4 Å². The van der Waals surface area contributed by atoms with E-state index < -0.39 is 11.1 Å². The molecule has 9 nitrogen and oxygen atoms in total. The van der Waals surface area contributed by atoms with Gasteiger partial charge in [-0.05, 0) is 54.1 Å². The molecule has 9 heteroatoms. The van der Waals surface area contributed by atoms with Crippen LogP contribution >= 0.6 is 0 Å². The average molecular weight is 486 g/mol.